The number of benzene rings is 1. The Hall–Kier alpha value is -1.17. The predicted octanol–water partition coefficient (Wildman–Crippen LogP) is 4.12. The van der Waals surface area contributed by atoms with Gasteiger partial charge in [0, 0.05) is 6.54 Å². The molecule has 0 amide bonds. The van der Waals surface area contributed by atoms with Gasteiger partial charge in [-0.15, -0.1) is 0 Å². The molecule has 1 atom stereocenters. The number of carbonyl (C=O) groups is 1. The molecule has 4 nitrogen and oxygen atoms in total. The Morgan fingerprint density at radius 2 is 1.83 bits per heavy atom. The Balaban J connectivity index is 2.45. The van der Waals surface area contributed by atoms with E-state index in [1.165, 1.54) is 12.7 Å². The molecule has 0 bridgehead atoms. The molecule has 0 fully saturated rings. The van der Waals surface area contributed by atoms with Crippen molar-refractivity contribution in [2.75, 3.05) is 13.7 Å². The van der Waals surface area contributed by atoms with Crippen LogP contribution in [0.4, 0.5) is 0 Å². The molecule has 0 aliphatic rings. The first-order valence-corrected chi connectivity index (χ1v) is 11.6. The quantitative estimate of drug-likeness (QED) is 0.413. The molecule has 5 heteroatoms. The van der Waals surface area contributed by atoms with Crippen LogP contribution in [0.25, 0.3) is 0 Å². The fourth-order valence-electron chi connectivity index (χ4n) is 2.13. The highest BCUT2D eigenvalue weighted by molar-refractivity contribution is 6.74. The number of carbonyl (C=O) groups excluding carboxylic acids is 1. The van der Waals surface area contributed by atoms with Crippen LogP contribution in [0.3, 0.4) is 0 Å². The summed E-state index contributed by atoms with van der Waals surface area (Å²) in [5, 5.41) is 3.48. The van der Waals surface area contributed by atoms with Crippen molar-refractivity contribution in [3.8, 4) is 0 Å². The average molecular weight is 352 g/mol. The van der Waals surface area contributed by atoms with Crippen molar-refractivity contribution in [2.24, 2.45) is 0 Å². The first kappa shape index (κ1) is 20.9. The first-order chi connectivity index (χ1) is 11.2. The smallest absolute Gasteiger partial charge is 0.333 e. The number of ether oxygens (including phenoxy) is 1. The number of hydrogen-bond donors (Lipinski definition) is 1. The van der Waals surface area contributed by atoms with E-state index >= 15 is 0 Å². The first-order valence-electron chi connectivity index (χ1n) is 8.67. The molecule has 0 aromatic heterocycles. The molecule has 0 aliphatic carbocycles. The molecule has 0 aliphatic heterocycles. The molecule has 0 spiro atoms. The van der Waals surface area contributed by atoms with Gasteiger partial charge >= 0.3 is 5.97 Å². The minimum atomic E-state index is -1.99. The molecular formula is C19H33NO3Si. The predicted molar refractivity (Wildman–Crippen MR) is 101 cm³/mol. The van der Waals surface area contributed by atoms with Crippen LogP contribution in [0.5, 0.6) is 0 Å². The molecule has 1 rings (SSSR count). The Kier molecular flexibility index (Phi) is 8.13. The van der Waals surface area contributed by atoms with Gasteiger partial charge < -0.3 is 14.5 Å². The molecule has 0 heterocycles. The van der Waals surface area contributed by atoms with Crippen LogP contribution in [-0.2, 0) is 20.5 Å². The molecule has 0 saturated heterocycles. The van der Waals surface area contributed by atoms with Gasteiger partial charge in [-0.3, -0.25) is 0 Å². The van der Waals surface area contributed by atoms with Crippen molar-refractivity contribution in [1.82, 2.24) is 5.32 Å². The van der Waals surface area contributed by atoms with E-state index < -0.39 is 14.4 Å². The van der Waals surface area contributed by atoms with Crippen molar-refractivity contribution < 1.29 is 14.0 Å². The van der Waals surface area contributed by atoms with Crippen molar-refractivity contribution in [1.29, 1.82) is 0 Å². The van der Waals surface area contributed by atoms with Gasteiger partial charge in [-0.25, -0.2) is 4.79 Å². The number of hydrogen-bond acceptors (Lipinski definition) is 4. The fourth-order valence-corrected chi connectivity index (χ4v) is 3.41. The van der Waals surface area contributed by atoms with Crippen LogP contribution in [0.15, 0.2) is 30.3 Å². The van der Waals surface area contributed by atoms with Crippen LogP contribution < -0.4 is 5.32 Å². The number of esters is 1. The van der Waals surface area contributed by atoms with E-state index in [4.69, 9.17) is 9.16 Å². The molecule has 0 saturated carbocycles. The summed E-state index contributed by atoms with van der Waals surface area (Å²) in [5.74, 6) is -0.261. The summed E-state index contributed by atoms with van der Waals surface area (Å²) >= 11 is 0. The fraction of sp³-hybridized carbons (Fsp3) is 0.632. The third kappa shape index (κ3) is 6.75. The van der Waals surface area contributed by atoms with Crippen LogP contribution in [0.2, 0.25) is 18.1 Å². The lowest BCUT2D eigenvalue weighted by molar-refractivity contribution is -0.149. The van der Waals surface area contributed by atoms with Gasteiger partial charge in [0.05, 0.1) is 7.11 Å². The number of nitrogens with one attached hydrogen (secondary N) is 1. The normalized spacial score (nSPS) is 13.6. The van der Waals surface area contributed by atoms with Gasteiger partial charge in [0.1, 0.15) is 6.10 Å². The van der Waals surface area contributed by atoms with E-state index in [1.807, 2.05) is 18.2 Å². The van der Waals surface area contributed by atoms with Gasteiger partial charge in [-0.1, -0.05) is 51.1 Å². The van der Waals surface area contributed by atoms with E-state index in [1.54, 1.807) is 0 Å². The largest absolute Gasteiger partial charge is 0.467 e. The summed E-state index contributed by atoms with van der Waals surface area (Å²) in [7, 11) is -0.561. The van der Waals surface area contributed by atoms with E-state index in [-0.39, 0.29) is 11.0 Å². The minimum Gasteiger partial charge on any atom is -0.467 e. The van der Waals surface area contributed by atoms with Gasteiger partial charge in [0.25, 0.3) is 0 Å². The number of methoxy groups -OCH3 is 1. The zero-order valence-electron chi connectivity index (χ0n) is 16.0. The maximum absolute atomic E-state index is 12.1. The lowest BCUT2D eigenvalue weighted by atomic mass is 10.2. The summed E-state index contributed by atoms with van der Waals surface area (Å²) in [5.41, 5.74) is 1.26. The van der Waals surface area contributed by atoms with Crippen LogP contribution in [0, 0.1) is 0 Å². The van der Waals surface area contributed by atoms with Gasteiger partial charge in [-0.2, -0.15) is 0 Å². The minimum absolute atomic E-state index is 0.0742. The Morgan fingerprint density at radius 3 is 2.38 bits per heavy atom. The molecular weight excluding hydrogens is 318 g/mol. The SMILES string of the molecule is COC(=O)[C@H](CCCNCc1ccccc1)O[Si](C)(C)C(C)(C)C. The summed E-state index contributed by atoms with van der Waals surface area (Å²) in [6.45, 7) is 12.5. The average Bonchev–Trinajstić information content (AvgIpc) is 2.52. The molecule has 0 radical (unpaired) electrons. The topological polar surface area (TPSA) is 47.6 Å². The lowest BCUT2D eigenvalue weighted by Gasteiger charge is -2.38. The second-order valence-electron chi connectivity index (χ2n) is 7.69. The lowest BCUT2D eigenvalue weighted by Crippen LogP contribution is -2.46. The van der Waals surface area contributed by atoms with Gasteiger partial charge in [0.2, 0.25) is 0 Å². The highest BCUT2D eigenvalue weighted by atomic mass is 28.4. The molecule has 0 unspecified atom stereocenters. The summed E-state index contributed by atoms with van der Waals surface area (Å²) in [6, 6.07) is 10.3. The monoisotopic (exact) mass is 351 g/mol. The zero-order chi connectivity index (χ0) is 18.2. The molecule has 1 aromatic carbocycles. The van der Waals surface area contributed by atoms with Crippen molar-refractivity contribution in [3.05, 3.63) is 35.9 Å². The van der Waals surface area contributed by atoms with Crippen LogP contribution in [-0.4, -0.2) is 34.0 Å². The molecule has 1 aromatic rings. The van der Waals surface area contributed by atoms with Gasteiger partial charge in [0.15, 0.2) is 8.32 Å². The van der Waals surface area contributed by atoms with Crippen molar-refractivity contribution in [3.63, 3.8) is 0 Å². The third-order valence-corrected chi connectivity index (χ3v) is 9.19. The highest BCUT2D eigenvalue weighted by Gasteiger charge is 2.40. The molecule has 24 heavy (non-hydrogen) atoms. The Morgan fingerprint density at radius 1 is 1.21 bits per heavy atom. The Labute approximate surface area is 148 Å². The van der Waals surface area contributed by atoms with Crippen molar-refractivity contribution >= 4 is 14.3 Å². The molecule has 1 N–H and O–H groups in total. The molecule has 136 valence electrons. The Bertz CT molecular complexity index is 497. The third-order valence-electron chi connectivity index (χ3n) is 4.70. The summed E-state index contributed by atoms with van der Waals surface area (Å²) < 4.78 is 11.2. The van der Waals surface area contributed by atoms with Crippen molar-refractivity contribution in [2.45, 2.75) is 64.4 Å². The zero-order valence-corrected chi connectivity index (χ0v) is 17.0. The van der Waals surface area contributed by atoms with E-state index in [9.17, 15) is 4.79 Å². The number of rotatable bonds is 9. The summed E-state index contributed by atoms with van der Waals surface area (Å²) in [6.07, 6.45) is 1.09. The highest BCUT2D eigenvalue weighted by Crippen LogP contribution is 2.37. The van der Waals surface area contributed by atoms with Crippen LogP contribution in [0.1, 0.15) is 39.2 Å². The second kappa shape index (κ2) is 9.35. The maximum atomic E-state index is 12.1. The van der Waals surface area contributed by atoms with E-state index in [0.29, 0.717) is 6.42 Å². The van der Waals surface area contributed by atoms with Gasteiger partial charge in [-0.05, 0) is 43.1 Å². The maximum Gasteiger partial charge on any atom is 0.333 e. The standard InChI is InChI=1S/C19H33NO3Si/c1-19(2,3)24(5,6)23-17(18(21)22-4)13-10-14-20-15-16-11-8-7-9-12-16/h7-9,11-12,17,20H,10,13-15H2,1-6H3/t17-/m0/s1. The second-order valence-corrected chi connectivity index (χ2v) is 12.5. The van der Waals surface area contributed by atoms with E-state index in [2.05, 4.69) is 51.3 Å². The van der Waals surface area contributed by atoms with Crippen LogP contribution >= 0.6 is 0 Å². The van der Waals surface area contributed by atoms with E-state index in [0.717, 1.165) is 19.5 Å². The summed E-state index contributed by atoms with van der Waals surface area (Å²) in [4.78, 5) is 12.1.